The maximum absolute atomic E-state index is 10.9. The molecule has 2 N–H and O–H groups in total. The van der Waals surface area contributed by atoms with E-state index in [0.29, 0.717) is 11.0 Å². The Morgan fingerprint density at radius 2 is 2.31 bits per heavy atom. The second-order valence-electron chi connectivity index (χ2n) is 3.45. The summed E-state index contributed by atoms with van der Waals surface area (Å²) >= 11 is 1.48. The molecule has 1 aromatic heterocycles. The number of aromatic carboxylic acids is 1. The lowest BCUT2D eigenvalue weighted by atomic mass is 10.3. The molecule has 0 bridgehead atoms. The molecule has 0 spiro atoms. The smallest absolute Gasteiger partial charge is 0.341 e. The van der Waals surface area contributed by atoms with Crippen LogP contribution in [0.3, 0.4) is 0 Å². The number of carbonyl (C=O) groups is 1. The zero-order chi connectivity index (χ0) is 12.1. The van der Waals surface area contributed by atoms with Crippen LogP contribution in [0.15, 0.2) is 11.4 Å². The van der Waals surface area contributed by atoms with Gasteiger partial charge in [-0.15, -0.1) is 0 Å². The van der Waals surface area contributed by atoms with Gasteiger partial charge in [0.25, 0.3) is 0 Å². The van der Waals surface area contributed by atoms with Crippen LogP contribution in [0.5, 0.6) is 0 Å². The Balaban J connectivity index is 3.05. The van der Waals surface area contributed by atoms with E-state index < -0.39 is 5.97 Å². The van der Waals surface area contributed by atoms with Crippen LogP contribution in [0.1, 0.15) is 31.1 Å². The number of nitrogens with zero attached hydrogens (tertiary/aromatic N) is 2. The van der Waals surface area contributed by atoms with Gasteiger partial charge in [-0.1, -0.05) is 18.7 Å². The van der Waals surface area contributed by atoms with E-state index in [1.165, 1.54) is 18.0 Å². The third-order valence-electron chi connectivity index (χ3n) is 1.70. The Labute approximate surface area is 98.7 Å². The van der Waals surface area contributed by atoms with Crippen molar-refractivity contribution < 1.29 is 9.90 Å². The summed E-state index contributed by atoms with van der Waals surface area (Å²) < 4.78 is 0. The maximum Gasteiger partial charge on any atom is 0.341 e. The SMILES string of the molecule is CCSc1ncc(C(=O)O)c(NC(C)C)n1. The van der Waals surface area contributed by atoms with E-state index in [2.05, 4.69) is 15.3 Å². The third-order valence-corrected chi connectivity index (χ3v) is 2.44. The van der Waals surface area contributed by atoms with Crippen molar-refractivity contribution in [1.29, 1.82) is 0 Å². The minimum atomic E-state index is -1.02. The third kappa shape index (κ3) is 3.37. The molecule has 0 radical (unpaired) electrons. The molecule has 0 aromatic carbocycles. The number of hydrogen-bond donors (Lipinski definition) is 2. The van der Waals surface area contributed by atoms with Crippen LogP contribution in [0.25, 0.3) is 0 Å². The van der Waals surface area contributed by atoms with E-state index in [9.17, 15) is 4.79 Å². The van der Waals surface area contributed by atoms with Gasteiger partial charge in [-0.25, -0.2) is 14.8 Å². The van der Waals surface area contributed by atoms with E-state index >= 15 is 0 Å². The number of nitrogens with one attached hydrogen (secondary N) is 1. The minimum Gasteiger partial charge on any atom is -0.477 e. The number of thioether (sulfide) groups is 1. The van der Waals surface area contributed by atoms with Crippen molar-refractivity contribution in [2.75, 3.05) is 11.1 Å². The molecule has 1 aromatic rings. The lowest BCUT2D eigenvalue weighted by molar-refractivity contribution is 0.0697. The molecule has 0 aliphatic heterocycles. The van der Waals surface area contributed by atoms with Crippen molar-refractivity contribution in [2.45, 2.75) is 32.0 Å². The van der Waals surface area contributed by atoms with Crippen LogP contribution in [0.2, 0.25) is 0 Å². The first-order valence-corrected chi connectivity index (χ1v) is 6.02. The molecule has 1 rings (SSSR count). The second-order valence-corrected chi connectivity index (χ2v) is 4.68. The van der Waals surface area contributed by atoms with Gasteiger partial charge < -0.3 is 10.4 Å². The Morgan fingerprint density at radius 3 is 2.81 bits per heavy atom. The minimum absolute atomic E-state index is 0.106. The first-order chi connectivity index (χ1) is 7.54. The van der Waals surface area contributed by atoms with Crippen molar-refractivity contribution in [2.24, 2.45) is 0 Å². The predicted octanol–water partition coefficient (Wildman–Crippen LogP) is 2.11. The number of rotatable bonds is 5. The van der Waals surface area contributed by atoms with Crippen LogP contribution < -0.4 is 5.32 Å². The molecule has 5 nitrogen and oxygen atoms in total. The largest absolute Gasteiger partial charge is 0.477 e. The zero-order valence-corrected chi connectivity index (χ0v) is 10.3. The van der Waals surface area contributed by atoms with Gasteiger partial charge in [0.1, 0.15) is 11.4 Å². The standard InChI is InChI=1S/C10H15N3O2S/c1-4-16-10-11-5-7(9(14)15)8(13-10)12-6(2)3/h5-6H,4H2,1-3H3,(H,14,15)(H,11,12,13). The van der Waals surface area contributed by atoms with E-state index in [4.69, 9.17) is 5.11 Å². The molecule has 0 atom stereocenters. The molecule has 0 fully saturated rings. The highest BCUT2D eigenvalue weighted by Crippen LogP contribution is 2.18. The molecule has 0 amide bonds. The van der Waals surface area contributed by atoms with Crippen molar-refractivity contribution in [1.82, 2.24) is 9.97 Å². The monoisotopic (exact) mass is 241 g/mol. The molecule has 1 heterocycles. The molecule has 0 unspecified atom stereocenters. The molecule has 6 heteroatoms. The Bertz CT molecular complexity index is 382. The molecule has 0 aliphatic rings. The van der Waals surface area contributed by atoms with E-state index in [0.717, 1.165) is 5.75 Å². The fourth-order valence-corrected chi connectivity index (χ4v) is 1.65. The van der Waals surface area contributed by atoms with Gasteiger partial charge in [-0.05, 0) is 19.6 Å². The summed E-state index contributed by atoms with van der Waals surface area (Å²) in [5, 5.41) is 12.6. The van der Waals surface area contributed by atoms with E-state index in [1.54, 1.807) is 0 Å². The fourth-order valence-electron chi connectivity index (χ4n) is 1.10. The summed E-state index contributed by atoms with van der Waals surface area (Å²) in [4.78, 5) is 19.1. The topological polar surface area (TPSA) is 75.1 Å². The van der Waals surface area contributed by atoms with Crippen LogP contribution in [-0.2, 0) is 0 Å². The molecule has 0 saturated heterocycles. The molecule has 16 heavy (non-hydrogen) atoms. The molecule has 0 aliphatic carbocycles. The van der Waals surface area contributed by atoms with Gasteiger partial charge in [-0.2, -0.15) is 0 Å². The Hall–Kier alpha value is -1.30. The maximum atomic E-state index is 10.9. The summed E-state index contributed by atoms with van der Waals surface area (Å²) in [5.74, 6) is 0.220. The predicted molar refractivity (Wildman–Crippen MR) is 64.1 cm³/mol. The normalized spacial score (nSPS) is 10.5. The van der Waals surface area contributed by atoms with E-state index in [1.807, 2.05) is 20.8 Å². The summed E-state index contributed by atoms with van der Waals surface area (Å²) in [6.45, 7) is 5.86. The summed E-state index contributed by atoms with van der Waals surface area (Å²) in [5.41, 5.74) is 0.106. The van der Waals surface area contributed by atoms with Crippen LogP contribution in [0.4, 0.5) is 5.82 Å². The van der Waals surface area contributed by atoms with Gasteiger partial charge in [-0.3, -0.25) is 0 Å². The highest BCUT2D eigenvalue weighted by Gasteiger charge is 2.14. The van der Waals surface area contributed by atoms with Crippen molar-refractivity contribution >= 4 is 23.5 Å². The lowest BCUT2D eigenvalue weighted by Crippen LogP contribution is -2.15. The number of anilines is 1. The Kier molecular flexibility index (Phi) is 4.54. The highest BCUT2D eigenvalue weighted by molar-refractivity contribution is 7.99. The first kappa shape index (κ1) is 12.8. The number of aromatic nitrogens is 2. The lowest BCUT2D eigenvalue weighted by Gasteiger charge is -2.11. The van der Waals surface area contributed by atoms with Crippen molar-refractivity contribution in [3.05, 3.63) is 11.8 Å². The van der Waals surface area contributed by atoms with Gasteiger partial charge in [0.15, 0.2) is 5.16 Å². The van der Waals surface area contributed by atoms with Crippen LogP contribution >= 0.6 is 11.8 Å². The average molecular weight is 241 g/mol. The van der Waals surface area contributed by atoms with Crippen molar-refractivity contribution in [3.8, 4) is 0 Å². The molecule has 88 valence electrons. The number of carboxylic acids is 1. The quantitative estimate of drug-likeness (QED) is 0.607. The summed E-state index contributed by atoms with van der Waals surface area (Å²) in [6.07, 6.45) is 1.35. The highest BCUT2D eigenvalue weighted by atomic mass is 32.2. The van der Waals surface area contributed by atoms with E-state index in [-0.39, 0.29) is 11.6 Å². The zero-order valence-electron chi connectivity index (χ0n) is 9.52. The van der Waals surface area contributed by atoms with Crippen LogP contribution in [0, 0.1) is 0 Å². The van der Waals surface area contributed by atoms with Gasteiger partial charge in [0, 0.05) is 12.2 Å². The Morgan fingerprint density at radius 1 is 1.62 bits per heavy atom. The van der Waals surface area contributed by atoms with Gasteiger partial charge in [0.2, 0.25) is 0 Å². The fraction of sp³-hybridized carbons (Fsp3) is 0.500. The van der Waals surface area contributed by atoms with Crippen molar-refractivity contribution in [3.63, 3.8) is 0 Å². The summed E-state index contributed by atoms with van der Waals surface area (Å²) in [7, 11) is 0. The average Bonchev–Trinajstić information content (AvgIpc) is 2.16. The van der Waals surface area contributed by atoms with Gasteiger partial charge in [0.05, 0.1) is 0 Å². The molecular weight excluding hydrogens is 226 g/mol. The summed E-state index contributed by atoms with van der Waals surface area (Å²) in [6, 6.07) is 0.132. The molecular formula is C10H15N3O2S. The van der Waals surface area contributed by atoms with Crippen LogP contribution in [-0.4, -0.2) is 32.8 Å². The first-order valence-electron chi connectivity index (χ1n) is 5.04. The number of hydrogen-bond acceptors (Lipinski definition) is 5. The molecule has 0 saturated carbocycles. The van der Waals surface area contributed by atoms with Gasteiger partial charge >= 0.3 is 5.97 Å². The second kappa shape index (κ2) is 5.69. The number of carboxylic acid groups (broad SMARTS) is 1.